The van der Waals surface area contributed by atoms with Crippen molar-refractivity contribution in [2.75, 3.05) is 19.5 Å². The predicted octanol–water partition coefficient (Wildman–Crippen LogP) is 3.37. The SMILES string of the molecule is COc1cc(C(=O)Nc2ccc(CN3C(=O)CCC3=O)cc2)cc(OC)c1Br. The third kappa shape index (κ3) is 4.17. The van der Waals surface area contributed by atoms with Gasteiger partial charge < -0.3 is 14.8 Å². The van der Waals surface area contributed by atoms with Gasteiger partial charge in [0.05, 0.1) is 20.8 Å². The molecule has 3 amide bonds. The van der Waals surface area contributed by atoms with Gasteiger partial charge in [0, 0.05) is 24.1 Å². The van der Waals surface area contributed by atoms with E-state index in [9.17, 15) is 14.4 Å². The van der Waals surface area contributed by atoms with E-state index in [1.54, 1.807) is 36.4 Å². The van der Waals surface area contributed by atoms with Gasteiger partial charge >= 0.3 is 0 Å². The normalized spacial score (nSPS) is 13.6. The number of anilines is 1. The maximum atomic E-state index is 12.6. The monoisotopic (exact) mass is 446 g/mol. The number of carbonyl (C=O) groups excluding carboxylic acids is 3. The predicted molar refractivity (Wildman–Crippen MR) is 106 cm³/mol. The van der Waals surface area contributed by atoms with Crippen molar-refractivity contribution in [3.05, 3.63) is 52.0 Å². The number of hydrogen-bond acceptors (Lipinski definition) is 5. The van der Waals surface area contributed by atoms with Gasteiger partial charge in [-0.05, 0) is 45.8 Å². The largest absolute Gasteiger partial charge is 0.495 e. The molecule has 0 unspecified atom stereocenters. The number of ether oxygens (including phenoxy) is 2. The third-order valence-electron chi connectivity index (χ3n) is 4.42. The van der Waals surface area contributed by atoms with E-state index in [4.69, 9.17) is 9.47 Å². The maximum Gasteiger partial charge on any atom is 0.255 e. The van der Waals surface area contributed by atoms with Crippen LogP contribution < -0.4 is 14.8 Å². The van der Waals surface area contributed by atoms with Crippen molar-refractivity contribution in [1.82, 2.24) is 4.90 Å². The fourth-order valence-corrected chi connectivity index (χ4v) is 3.43. The standard InChI is InChI=1S/C20H19BrN2O5/c1-27-15-9-13(10-16(28-2)19(15)21)20(26)22-14-5-3-12(4-6-14)11-23-17(24)7-8-18(23)25/h3-6,9-10H,7-8,11H2,1-2H3,(H,22,26). The lowest BCUT2D eigenvalue weighted by Crippen LogP contribution is -2.28. The molecule has 0 aromatic heterocycles. The van der Waals surface area contributed by atoms with Crippen LogP contribution >= 0.6 is 15.9 Å². The summed E-state index contributed by atoms with van der Waals surface area (Å²) < 4.78 is 11.1. The maximum absolute atomic E-state index is 12.6. The molecule has 1 N–H and O–H groups in total. The van der Waals surface area contributed by atoms with E-state index in [1.807, 2.05) is 0 Å². The molecule has 8 heteroatoms. The number of halogens is 1. The van der Waals surface area contributed by atoms with Crippen LogP contribution in [-0.2, 0) is 16.1 Å². The fraction of sp³-hybridized carbons (Fsp3) is 0.250. The molecule has 1 aliphatic rings. The van der Waals surface area contributed by atoms with Crippen LogP contribution in [0.1, 0.15) is 28.8 Å². The van der Waals surface area contributed by atoms with Crippen molar-refractivity contribution in [3.63, 3.8) is 0 Å². The molecule has 1 heterocycles. The van der Waals surface area contributed by atoms with Crippen molar-refractivity contribution < 1.29 is 23.9 Å². The summed E-state index contributed by atoms with van der Waals surface area (Å²) in [6.07, 6.45) is 0.542. The number of hydrogen-bond donors (Lipinski definition) is 1. The molecule has 28 heavy (non-hydrogen) atoms. The lowest BCUT2D eigenvalue weighted by molar-refractivity contribution is -0.139. The molecule has 2 aromatic carbocycles. The second kappa shape index (κ2) is 8.43. The van der Waals surface area contributed by atoms with Gasteiger partial charge in [-0.25, -0.2) is 0 Å². The van der Waals surface area contributed by atoms with Gasteiger partial charge in [0.25, 0.3) is 5.91 Å². The van der Waals surface area contributed by atoms with E-state index >= 15 is 0 Å². The number of methoxy groups -OCH3 is 2. The number of amides is 3. The average molecular weight is 447 g/mol. The highest BCUT2D eigenvalue weighted by Gasteiger charge is 2.28. The Morgan fingerprint density at radius 3 is 2.07 bits per heavy atom. The molecule has 0 atom stereocenters. The topological polar surface area (TPSA) is 84.9 Å². The van der Waals surface area contributed by atoms with E-state index in [1.165, 1.54) is 19.1 Å². The van der Waals surface area contributed by atoms with Gasteiger partial charge in [-0.2, -0.15) is 0 Å². The molecule has 7 nitrogen and oxygen atoms in total. The van der Waals surface area contributed by atoms with Crippen LogP contribution in [0.5, 0.6) is 11.5 Å². The van der Waals surface area contributed by atoms with Gasteiger partial charge in [-0.3, -0.25) is 19.3 Å². The summed E-state index contributed by atoms with van der Waals surface area (Å²) in [6.45, 7) is 0.243. The number of nitrogens with one attached hydrogen (secondary N) is 1. The summed E-state index contributed by atoms with van der Waals surface area (Å²) in [5.74, 6) is 0.349. The fourth-order valence-electron chi connectivity index (χ4n) is 2.88. The lowest BCUT2D eigenvalue weighted by atomic mass is 10.1. The summed E-state index contributed by atoms with van der Waals surface area (Å²) in [7, 11) is 3.02. The smallest absolute Gasteiger partial charge is 0.255 e. The highest BCUT2D eigenvalue weighted by atomic mass is 79.9. The van der Waals surface area contributed by atoms with Crippen LogP contribution in [-0.4, -0.2) is 36.8 Å². The Labute approximate surface area is 170 Å². The number of carbonyl (C=O) groups is 3. The van der Waals surface area contributed by atoms with E-state index in [2.05, 4.69) is 21.2 Å². The minimum atomic E-state index is -0.318. The molecular formula is C20H19BrN2O5. The molecule has 1 saturated heterocycles. The first-order valence-electron chi connectivity index (χ1n) is 8.58. The van der Waals surface area contributed by atoms with E-state index in [0.717, 1.165) is 5.56 Å². The molecule has 3 rings (SSSR count). The molecule has 146 valence electrons. The van der Waals surface area contributed by atoms with Gasteiger partial charge in [0.1, 0.15) is 16.0 Å². The first-order valence-corrected chi connectivity index (χ1v) is 9.37. The lowest BCUT2D eigenvalue weighted by Gasteiger charge is -2.14. The molecule has 2 aromatic rings. The van der Waals surface area contributed by atoms with E-state index < -0.39 is 0 Å². The van der Waals surface area contributed by atoms with Gasteiger partial charge in [0.15, 0.2) is 0 Å². The number of likely N-dealkylation sites (tertiary alicyclic amines) is 1. The Morgan fingerprint density at radius 2 is 1.57 bits per heavy atom. The number of nitrogens with zero attached hydrogens (tertiary/aromatic N) is 1. The Balaban J connectivity index is 1.71. The molecule has 0 bridgehead atoms. The third-order valence-corrected chi connectivity index (χ3v) is 5.20. The van der Waals surface area contributed by atoms with Crippen LogP contribution in [0.25, 0.3) is 0 Å². The van der Waals surface area contributed by atoms with Crippen LogP contribution in [0.2, 0.25) is 0 Å². The van der Waals surface area contributed by atoms with Gasteiger partial charge in [-0.1, -0.05) is 12.1 Å². The van der Waals surface area contributed by atoms with Crippen LogP contribution in [0.4, 0.5) is 5.69 Å². The van der Waals surface area contributed by atoms with Gasteiger partial charge in [0.2, 0.25) is 11.8 Å². The van der Waals surface area contributed by atoms with Crippen molar-refractivity contribution in [2.24, 2.45) is 0 Å². The number of benzene rings is 2. The zero-order chi connectivity index (χ0) is 20.3. The number of imide groups is 1. The summed E-state index contributed by atoms with van der Waals surface area (Å²) in [6, 6.07) is 10.2. The molecule has 0 radical (unpaired) electrons. The molecule has 0 spiro atoms. The van der Waals surface area contributed by atoms with Crippen molar-refractivity contribution in [3.8, 4) is 11.5 Å². The molecule has 1 aliphatic heterocycles. The second-order valence-corrected chi connectivity index (χ2v) is 7.01. The highest BCUT2D eigenvalue weighted by molar-refractivity contribution is 9.10. The van der Waals surface area contributed by atoms with Crippen molar-refractivity contribution >= 4 is 39.3 Å². The van der Waals surface area contributed by atoms with Crippen LogP contribution in [0.15, 0.2) is 40.9 Å². The first-order chi connectivity index (χ1) is 13.4. The Bertz CT molecular complexity index is 886. The Kier molecular flexibility index (Phi) is 5.99. The van der Waals surface area contributed by atoms with E-state index in [0.29, 0.717) is 27.2 Å². The molecule has 0 aliphatic carbocycles. The number of rotatable bonds is 6. The van der Waals surface area contributed by atoms with Crippen LogP contribution in [0, 0.1) is 0 Å². The first kappa shape index (κ1) is 19.9. The second-order valence-electron chi connectivity index (χ2n) is 6.22. The van der Waals surface area contributed by atoms with Crippen molar-refractivity contribution in [2.45, 2.75) is 19.4 Å². The molecule has 1 fully saturated rings. The van der Waals surface area contributed by atoms with Crippen molar-refractivity contribution in [1.29, 1.82) is 0 Å². The Hall–Kier alpha value is -2.87. The van der Waals surface area contributed by atoms with Gasteiger partial charge in [-0.15, -0.1) is 0 Å². The summed E-state index contributed by atoms with van der Waals surface area (Å²) in [5.41, 5.74) is 1.79. The summed E-state index contributed by atoms with van der Waals surface area (Å²) >= 11 is 3.37. The zero-order valence-electron chi connectivity index (χ0n) is 15.5. The molecular weight excluding hydrogens is 428 g/mol. The van der Waals surface area contributed by atoms with E-state index in [-0.39, 0.29) is 37.1 Å². The highest BCUT2D eigenvalue weighted by Crippen LogP contribution is 2.35. The summed E-state index contributed by atoms with van der Waals surface area (Å²) in [4.78, 5) is 37.3. The average Bonchev–Trinajstić information content (AvgIpc) is 3.01. The zero-order valence-corrected chi connectivity index (χ0v) is 17.0. The molecule has 0 saturated carbocycles. The minimum absolute atomic E-state index is 0.152. The minimum Gasteiger partial charge on any atom is -0.495 e. The summed E-state index contributed by atoms with van der Waals surface area (Å²) in [5, 5.41) is 2.81. The Morgan fingerprint density at radius 1 is 1.04 bits per heavy atom. The van der Waals surface area contributed by atoms with Crippen LogP contribution in [0.3, 0.4) is 0 Å². The quantitative estimate of drug-likeness (QED) is 0.687.